The highest BCUT2D eigenvalue weighted by atomic mass is 32.2. The van der Waals surface area contributed by atoms with E-state index in [0.29, 0.717) is 23.9 Å². The third kappa shape index (κ3) is 3.33. The van der Waals surface area contributed by atoms with Crippen LogP contribution in [0.1, 0.15) is 12.8 Å². The highest BCUT2D eigenvalue weighted by Crippen LogP contribution is 2.17. The third-order valence-corrected chi connectivity index (χ3v) is 4.57. The summed E-state index contributed by atoms with van der Waals surface area (Å²) in [6.07, 6.45) is 1.57. The van der Waals surface area contributed by atoms with E-state index < -0.39 is 9.84 Å². The van der Waals surface area contributed by atoms with Gasteiger partial charge in [0.2, 0.25) is 5.88 Å². The first-order valence-corrected chi connectivity index (χ1v) is 7.39. The molecular formula is C11H16N2O3S. The molecule has 1 aliphatic rings. The summed E-state index contributed by atoms with van der Waals surface area (Å²) >= 11 is 0. The molecule has 1 saturated heterocycles. The second kappa shape index (κ2) is 4.91. The molecule has 2 rings (SSSR count). The second-order valence-corrected chi connectivity index (χ2v) is 6.39. The summed E-state index contributed by atoms with van der Waals surface area (Å²) in [5.41, 5.74) is 0. The molecule has 0 saturated carbocycles. The van der Waals surface area contributed by atoms with Crippen LogP contribution < -0.4 is 10.1 Å². The molecule has 5 nitrogen and oxygen atoms in total. The maximum Gasteiger partial charge on any atom is 0.214 e. The normalized spacial score (nSPS) is 23.0. The van der Waals surface area contributed by atoms with E-state index in [-0.39, 0.29) is 11.8 Å². The zero-order valence-corrected chi connectivity index (χ0v) is 10.5. The number of sulfone groups is 1. The molecule has 1 unspecified atom stereocenters. The Bertz CT molecular complexity index is 487. The number of aromatic nitrogens is 1. The number of anilines is 1. The Balaban J connectivity index is 2.05. The van der Waals surface area contributed by atoms with Crippen LogP contribution >= 0.6 is 0 Å². The topological polar surface area (TPSA) is 68.3 Å². The molecule has 0 radical (unpaired) electrons. The van der Waals surface area contributed by atoms with Crippen molar-refractivity contribution in [2.45, 2.75) is 18.9 Å². The molecule has 1 atom stereocenters. The first-order chi connectivity index (χ1) is 8.09. The number of pyridine rings is 1. The molecule has 0 spiro atoms. The Morgan fingerprint density at radius 3 is 3.00 bits per heavy atom. The van der Waals surface area contributed by atoms with Gasteiger partial charge in [0.15, 0.2) is 9.84 Å². The molecule has 0 amide bonds. The Kier molecular flexibility index (Phi) is 3.51. The molecule has 1 aromatic heterocycles. The third-order valence-electron chi connectivity index (χ3n) is 2.75. The van der Waals surface area contributed by atoms with E-state index in [9.17, 15) is 8.42 Å². The van der Waals surface area contributed by atoms with Gasteiger partial charge in [0, 0.05) is 12.1 Å². The van der Waals surface area contributed by atoms with Crippen molar-refractivity contribution in [3.05, 3.63) is 18.2 Å². The molecule has 1 N–H and O–H groups in total. The van der Waals surface area contributed by atoms with E-state index in [1.54, 1.807) is 13.2 Å². The number of nitrogens with one attached hydrogen (secondary N) is 1. The van der Waals surface area contributed by atoms with Gasteiger partial charge in [0.05, 0.1) is 18.6 Å². The standard InChI is InChI=1S/C11H16N2O3S/c1-16-11-6-2-5-10(13-11)12-9-4-3-7-17(14,15)8-9/h2,5-6,9H,3-4,7-8H2,1H3,(H,12,13). The first-order valence-electron chi connectivity index (χ1n) is 5.57. The summed E-state index contributed by atoms with van der Waals surface area (Å²) < 4.78 is 28.0. The average Bonchev–Trinajstić information content (AvgIpc) is 2.28. The Hall–Kier alpha value is -1.30. The predicted octanol–water partition coefficient (Wildman–Crippen LogP) is 1.08. The van der Waals surface area contributed by atoms with Crippen molar-refractivity contribution < 1.29 is 13.2 Å². The zero-order valence-electron chi connectivity index (χ0n) is 9.72. The van der Waals surface area contributed by atoms with Crippen LogP contribution in [0.15, 0.2) is 18.2 Å². The fourth-order valence-corrected chi connectivity index (χ4v) is 3.59. The Morgan fingerprint density at radius 2 is 2.29 bits per heavy atom. The molecule has 2 heterocycles. The minimum absolute atomic E-state index is 0.0478. The summed E-state index contributed by atoms with van der Waals surface area (Å²) in [5, 5.41) is 3.14. The molecule has 17 heavy (non-hydrogen) atoms. The van der Waals surface area contributed by atoms with Crippen LogP contribution in [0.2, 0.25) is 0 Å². The van der Waals surface area contributed by atoms with Crippen molar-refractivity contribution in [3.8, 4) is 5.88 Å². The average molecular weight is 256 g/mol. The van der Waals surface area contributed by atoms with Crippen molar-refractivity contribution in [3.63, 3.8) is 0 Å². The highest BCUT2D eigenvalue weighted by molar-refractivity contribution is 7.91. The molecule has 1 aromatic rings. The van der Waals surface area contributed by atoms with Gasteiger partial charge in [-0.1, -0.05) is 6.07 Å². The number of hydrogen-bond donors (Lipinski definition) is 1. The SMILES string of the molecule is COc1cccc(NC2CCCS(=O)(=O)C2)n1. The lowest BCUT2D eigenvalue weighted by Gasteiger charge is -2.23. The van der Waals surface area contributed by atoms with Crippen LogP contribution in [0.4, 0.5) is 5.82 Å². The maximum atomic E-state index is 11.5. The first kappa shape index (κ1) is 12.2. The fraction of sp³-hybridized carbons (Fsp3) is 0.545. The number of hydrogen-bond acceptors (Lipinski definition) is 5. The highest BCUT2D eigenvalue weighted by Gasteiger charge is 2.24. The molecular weight excluding hydrogens is 240 g/mol. The van der Waals surface area contributed by atoms with E-state index in [1.165, 1.54) is 0 Å². The number of nitrogens with zero attached hydrogens (tertiary/aromatic N) is 1. The van der Waals surface area contributed by atoms with Crippen LogP contribution in [-0.4, -0.2) is 38.1 Å². The van der Waals surface area contributed by atoms with Crippen molar-refractivity contribution in [1.29, 1.82) is 0 Å². The van der Waals surface area contributed by atoms with Gasteiger partial charge in [-0.25, -0.2) is 8.42 Å². The largest absolute Gasteiger partial charge is 0.481 e. The van der Waals surface area contributed by atoms with Crippen LogP contribution in [-0.2, 0) is 9.84 Å². The van der Waals surface area contributed by atoms with E-state index in [1.807, 2.05) is 12.1 Å². The van der Waals surface area contributed by atoms with E-state index in [4.69, 9.17) is 4.74 Å². The van der Waals surface area contributed by atoms with Gasteiger partial charge in [-0.2, -0.15) is 4.98 Å². The predicted molar refractivity (Wildman–Crippen MR) is 66.1 cm³/mol. The molecule has 6 heteroatoms. The molecule has 0 aromatic carbocycles. The number of ether oxygens (including phenoxy) is 1. The van der Waals surface area contributed by atoms with E-state index >= 15 is 0 Å². The summed E-state index contributed by atoms with van der Waals surface area (Å²) in [6, 6.07) is 5.34. The van der Waals surface area contributed by atoms with Gasteiger partial charge in [0.25, 0.3) is 0 Å². The fourth-order valence-electron chi connectivity index (χ4n) is 1.95. The summed E-state index contributed by atoms with van der Waals surface area (Å²) in [5.74, 6) is 1.67. The minimum Gasteiger partial charge on any atom is -0.481 e. The lowest BCUT2D eigenvalue weighted by atomic mass is 10.2. The van der Waals surface area contributed by atoms with Crippen molar-refractivity contribution in [2.24, 2.45) is 0 Å². The monoisotopic (exact) mass is 256 g/mol. The summed E-state index contributed by atoms with van der Waals surface area (Å²) in [4.78, 5) is 4.20. The number of rotatable bonds is 3. The van der Waals surface area contributed by atoms with Gasteiger partial charge in [-0.15, -0.1) is 0 Å². The van der Waals surface area contributed by atoms with Crippen LogP contribution in [0.25, 0.3) is 0 Å². The zero-order chi connectivity index (χ0) is 12.3. The van der Waals surface area contributed by atoms with Crippen molar-refractivity contribution in [1.82, 2.24) is 4.98 Å². The van der Waals surface area contributed by atoms with Gasteiger partial charge in [-0.3, -0.25) is 0 Å². The maximum absolute atomic E-state index is 11.5. The van der Waals surface area contributed by atoms with Crippen molar-refractivity contribution >= 4 is 15.7 Å². The Labute approximate surface area is 101 Å². The van der Waals surface area contributed by atoms with Gasteiger partial charge >= 0.3 is 0 Å². The van der Waals surface area contributed by atoms with Gasteiger partial charge < -0.3 is 10.1 Å². The lowest BCUT2D eigenvalue weighted by Crippen LogP contribution is -2.35. The van der Waals surface area contributed by atoms with E-state index in [2.05, 4.69) is 10.3 Å². The van der Waals surface area contributed by atoms with Gasteiger partial charge in [0.1, 0.15) is 5.82 Å². The molecule has 0 aliphatic carbocycles. The second-order valence-electron chi connectivity index (χ2n) is 4.16. The molecule has 1 fully saturated rings. The summed E-state index contributed by atoms with van der Waals surface area (Å²) in [7, 11) is -1.34. The van der Waals surface area contributed by atoms with Gasteiger partial charge in [-0.05, 0) is 18.9 Å². The van der Waals surface area contributed by atoms with E-state index in [0.717, 1.165) is 6.42 Å². The number of methoxy groups -OCH3 is 1. The minimum atomic E-state index is -2.89. The molecule has 94 valence electrons. The smallest absolute Gasteiger partial charge is 0.214 e. The van der Waals surface area contributed by atoms with Crippen LogP contribution in [0, 0.1) is 0 Å². The van der Waals surface area contributed by atoms with Crippen molar-refractivity contribution in [2.75, 3.05) is 23.9 Å². The van der Waals surface area contributed by atoms with Crippen LogP contribution in [0.5, 0.6) is 5.88 Å². The molecule has 1 aliphatic heterocycles. The molecule has 0 bridgehead atoms. The Morgan fingerprint density at radius 1 is 1.47 bits per heavy atom. The quantitative estimate of drug-likeness (QED) is 0.876. The van der Waals surface area contributed by atoms with Crippen LogP contribution in [0.3, 0.4) is 0 Å². The summed E-state index contributed by atoms with van der Waals surface area (Å²) in [6.45, 7) is 0. The lowest BCUT2D eigenvalue weighted by molar-refractivity contribution is 0.398.